The third-order valence-electron chi connectivity index (χ3n) is 5.31. The summed E-state index contributed by atoms with van der Waals surface area (Å²) in [6.45, 7) is 0. The second-order valence-electron chi connectivity index (χ2n) is 6.80. The molecule has 2 saturated carbocycles. The van der Waals surface area contributed by atoms with Crippen LogP contribution < -0.4 is 0 Å². The topological polar surface area (TPSA) is 0 Å². The zero-order chi connectivity index (χ0) is 18.4. The lowest BCUT2D eigenvalue weighted by molar-refractivity contribution is 0.376. The maximum Gasteiger partial charge on any atom is 0.200 e. The molecule has 2 atom stereocenters. The third kappa shape index (κ3) is 2.66. The lowest BCUT2D eigenvalue weighted by Crippen LogP contribution is -2.07. The van der Waals surface area contributed by atoms with Gasteiger partial charge in [-0.1, -0.05) is 36.4 Å². The average molecular weight is 362 g/mol. The highest BCUT2D eigenvalue weighted by atomic mass is 19.2. The van der Waals surface area contributed by atoms with Crippen LogP contribution >= 0.6 is 0 Å². The summed E-state index contributed by atoms with van der Waals surface area (Å²) in [6.07, 6.45) is 5.77. The Kier molecular flexibility index (Phi) is 4.17. The van der Waals surface area contributed by atoms with Gasteiger partial charge in [-0.3, -0.25) is 0 Å². The van der Waals surface area contributed by atoms with Crippen LogP contribution in [0.15, 0.2) is 41.5 Å². The SMILES string of the molecule is Fc1c(F)c(F)c(/C=C2/C(=C\c3ccccc3)C3CCC2C3)c(F)c1F. The van der Waals surface area contributed by atoms with Crippen LogP contribution in [0.1, 0.15) is 30.4 Å². The Bertz CT molecular complexity index is 898. The quantitative estimate of drug-likeness (QED) is 0.335. The van der Waals surface area contributed by atoms with Gasteiger partial charge in [0.1, 0.15) is 0 Å². The summed E-state index contributed by atoms with van der Waals surface area (Å²) in [5, 5.41) is 0. The Balaban J connectivity index is 1.85. The summed E-state index contributed by atoms with van der Waals surface area (Å²) in [6, 6.07) is 9.47. The van der Waals surface area contributed by atoms with Gasteiger partial charge in [0, 0.05) is 0 Å². The van der Waals surface area contributed by atoms with Crippen molar-refractivity contribution in [2.75, 3.05) is 0 Å². The average Bonchev–Trinajstić information content (AvgIpc) is 3.25. The van der Waals surface area contributed by atoms with Crippen molar-refractivity contribution >= 4 is 12.2 Å². The second-order valence-corrected chi connectivity index (χ2v) is 6.80. The van der Waals surface area contributed by atoms with E-state index in [2.05, 4.69) is 0 Å². The molecule has 0 saturated heterocycles. The molecule has 0 nitrogen and oxygen atoms in total. The number of hydrogen-bond acceptors (Lipinski definition) is 0. The van der Waals surface area contributed by atoms with Crippen LogP contribution in [0.2, 0.25) is 0 Å². The number of allylic oxidation sites excluding steroid dienone is 2. The van der Waals surface area contributed by atoms with Crippen LogP contribution in [-0.4, -0.2) is 0 Å². The highest BCUT2D eigenvalue weighted by molar-refractivity contribution is 5.70. The van der Waals surface area contributed by atoms with E-state index in [9.17, 15) is 22.0 Å². The van der Waals surface area contributed by atoms with Gasteiger partial charge in [-0.25, -0.2) is 22.0 Å². The van der Waals surface area contributed by atoms with E-state index in [0.29, 0.717) is 5.57 Å². The number of fused-ring (bicyclic) bond motifs is 2. The van der Waals surface area contributed by atoms with Crippen LogP contribution in [0.4, 0.5) is 22.0 Å². The molecule has 0 N–H and O–H groups in total. The second kappa shape index (κ2) is 6.38. The van der Waals surface area contributed by atoms with Crippen LogP contribution in [-0.2, 0) is 0 Å². The van der Waals surface area contributed by atoms with Gasteiger partial charge in [-0.05, 0) is 53.9 Å². The van der Waals surface area contributed by atoms with Gasteiger partial charge in [-0.15, -0.1) is 0 Å². The lowest BCUT2D eigenvalue weighted by atomic mass is 9.87. The number of halogens is 5. The first-order chi connectivity index (χ1) is 12.5. The molecule has 2 aromatic rings. The summed E-state index contributed by atoms with van der Waals surface area (Å²) < 4.78 is 68.4. The van der Waals surface area contributed by atoms with E-state index in [1.807, 2.05) is 36.4 Å². The third-order valence-corrected chi connectivity index (χ3v) is 5.31. The molecule has 5 heteroatoms. The largest absolute Gasteiger partial charge is 0.203 e. The molecule has 2 bridgehead atoms. The number of hydrogen-bond donors (Lipinski definition) is 0. The molecule has 134 valence electrons. The van der Waals surface area contributed by atoms with Crippen LogP contribution in [0.5, 0.6) is 0 Å². The first kappa shape index (κ1) is 17.0. The first-order valence-electron chi connectivity index (χ1n) is 8.47. The fraction of sp³-hybridized carbons (Fsp3) is 0.238. The summed E-state index contributed by atoms with van der Waals surface area (Å²) in [7, 11) is 0. The predicted octanol–water partition coefficient (Wildman–Crippen LogP) is 6.28. The molecule has 2 unspecified atom stereocenters. The Morgan fingerprint density at radius 3 is 1.73 bits per heavy atom. The maximum absolute atomic E-state index is 14.1. The van der Waals surface area contributed by atoms with Gasteiger partial charge >= 0.3 is 0 Å². The molecule has 0 aromatic heterocycles. The van der Waals surface area contributed by atoms with Crippen molar-refractivity contribution in [1.29, 1.82) is 0 Å². The Labute approximate surface area is 147 Å². The van der Waals surface area contributed by atoms with Crippen molar-refractivity contribution < 1.29 is 22.0 Å². The zero-order valence-electron chi connectivity index (χ0n) is 13.7. The Hall–Kier alpha value is -2.43. The smallest absolute Gasteiger partial charge is 0.200 e. The highest BCUT2D eigenvalue weighted by Crippen LogP contribution is 2.53. The van der Waals surface area contributed by atoms with Crippen LogP contribution in [0.25, 0.3) is 12.2 Å². The lowest BCUT2D eigenvalue weighted by Gasteiger charge is -2.18. The molecular weight excluding hydrogens is 347 g/mol. The van der Waals surface area contributed by atoms with Crippen molar-refractivity contribution in [3.05, 3.63) is 81.7 Å². The highest BCUT2D eigenvalue weighted by Gasteiger charge is 2.40. The van der Waals surface area contributed by atoms with Crippen molar-refractivity contribution in [1.82, 2.24) is 0 Å². The van der Waals surface area contributed by atoms with E-state index in [1.54, 1.807) is 0 Å². The first-order valence-corrected chi connectivity index (χ1v) is 8.47. The van der Waals surface area contributed by atoms with Crippen LogP contribution in [0.3, 0.4) is 0 Å². The molecule has 4 rings (SSSR count). The minimum absolute atomic E-state index is 0.0879. The fourth-order valence-electron chi connectivity index (χ4n) is 4.05. The van der Waals surface area contributed by atoms with Crippen molar-refractivity contribution in [2.24, 2.45) is 11.8 Å². The molecule has 2 fully saturated rings. The van der Waals surface area contributed by atoms with E-state index in [-0.39, 0.29) is 11.8 Å². The molecule has 2 aromatic carbocycles. The van der Waals surface area contributed by atoms with Gasteiger partial charge in [0.15, 0.2) is 23.3 Å². The summed E-state index contributed by atoms with van der Waals surface area (Å²) >= 11 is 0. The standard InChI is InChI=1S/C21H15F5/c22-17-16(18(23)20(25)21(26)19(17)24)10-15-13-7-6-12(9-13)14(15)8-11-4-2-1-3-5-11/h1-5,8,10,12-13H,6-7,9H2/b14-8-,15-10+. The molecule has 2 aliphatic carbocycles. The fourth-order valence-corrected chi connectivity index (χ4v) is 4.05. The van der Waals surface area contributed by atoms with Crippen molar-refractivity contribution in [3.8, 4) is 0 Å². The molecule has 0 amide bonds. The zero-order valence-corrected chi connectivity index (χ0v) is 13.7. The van der Waals surface area contributed by atoms with Gasteiger partial charge < -0.3 is 0 Å². The molecular formula is C21H15F5. The molecule has 0 spiro atoms. The Morgan fingerprint density at radius 2 is 1.15 bits per heavy atom. The monoisotopic (exact) mass is 362 g/mol. The van der Waals surface area contributed by atoms with E-state index >= 15 is 0 Å². The summed E-state index contributed by atoms with van der Waals surface area (Å²) in [4.78, 5) is 0. The summed E-state index contributed by atoms with van der Waals surface area (Å²) in [5.41, 5.74) is 1.69. The molecule has 0 radical (unpaired) electrons. The van der Waals surface area contributed by atoms with Gasteiger partial charge in [0.25, 0.3) is 0 Å². The molecule has 2 aliphatic rings. The van der Waals surface area contributed by atoms with Gasteiger partial charge in [0.05, 0.1) is 5.56 Å². The van der Waals surface area contributed by atoms with E-state index in [4.69, 9.17) is 0 Å². The van der Waals surface area contributed by atoms with E-state index < -0.39 is 34.6 Å². The normalized spacial score (nSPS) is 24.8. The molecule has 26 heavy (non-hydrogen) atoms. The summed E-state index contributed by atoms with van der Waals surface area (Å²) in [5.74, 6) is -9.17. The molecule has 0 aliphatic heterocycles. The number of benzene rings is 2. The van der Waals surface area contributed by atoms with Crippen molar-refractivity contribution in [2.45, 2.75) is 19.3 Å². The maximum atomic E-state index is 14.1. The Morgan fingerprint density at radius 1 is 0.654 bits per heavy atom. The molecule has 0 heterocycles. The predicted molar refractivity (Wildman–Crippen MR) is 89.5 cm³/mol. The number of rotatable bonds is 2. The van der Waals surface area contributed by atoms with E-state index in [1.165, 1.54) is 0 Å². The van der Waals surface area contributed by atoms with Gasteiger partial charge in [0.2, 0.25) is 5.82 Å². The minimum atomic E-state index is -2.13. The van der Waals surface area contributed by atoms with Crippen LogP contribution in [0, 0.1) is 40.9 Å². The van der Waals surface area contributed by atoms with E-state index in [0.717, 1.165) is 36.5 Å². The van der Waals surface area contributed by atoms with Crippen molar-refractivity contribution in [3.63, 3.8) is 0 Å². The minimum Gasteiger partial charge on any atom is -0.203 e. The van der Waals surface area contributed by atoms with Gasteiger partial charge in [-0.2, -0.15) is 0 Å².